The molecule has 1 N–H and O–H groups in total. The van der Waals surface area contributed by atoms with E-state index in [4.69, 9.17) is 4.98 Å². The van der Waals surface area contributed by atoms with Crippen molar-refractivity contribution in [2.45, 2.75) is 50.4 Å². The van der Waals surface area contributed by atoms with Crippen molar-refractivity contribution in [3.8, 4) is 0 Å². The monoisotopic (exact) mass is 467 g/mol. The van der Waals surface area contributed by atoms with Crippen molar-refractivity contribution in [3.63, 3.8) is 0 Å². The molecular weight excluding hydrogens is 442 g/mol. The molecule has 4 rings (SSSR count). The number of fused-ring (bicyclic) bond motifs is 3. The highest BCUT2D eigenvalue weighted by atomic mass is 32.2. The van der Waals surface area contributed by atoms with Gasteiger partial charge in [0.1, 0.15) is 4.83 Å². The van der Waals surface area contributed by atoms with Crippen LogP contribution in [0.5, 0.6) is 0 Å². The molecule has 1 fully saturated rings. The summed E-state index contributed by atoms with van der Waals surface area (Å²) in [6.45, 7) is 6.31. The number of carbonyl (C=O) groups excluding carboxylic acids is 1. The van der Waals surface area contributed by atoms with Gasteiger partial charge in [-0.05, 0) is 37.2 Å². The molecule has 1 aliphatic heterocycles. The molecule has 0 spiro atoms. The minimum Gasteiger partial charge on any atom is -0.352 e. The Morgan fingerprint density at radius 2 is 2.23 bits per heavy atom. The number of thiophene rings is 1. The van der Waals surface area contributed by atoms with Crippen LogP contribution in [0.1, 0.15) is 30.2 Å². The lowest BCUT2D eigenvalue weighted by atomic mass is 9.89. The Kier molecular flexibility index (Phi) is 6.09. The second kappa shape index (κ2) is 8.47. The highest BCUT2D eigenvalue weighted by Crippen LogP contribution is 2.36. The first-order valence-corrected chi connectivity index (χ1v) is 13.7. The molecule has 10 heteroatoms. The van der Waals surface area contributed by atoms with Gasteiger partial charge in [-0.3, -0.25) is 14.2 Å². The maximum atomic E-state index is 13.2. The SMILES string of the molecule is C=CCn1c(SCC(=O)NC2CCS(=O)(=O)C2)nc2sc3c(c2c1=O)CCC(C)C3. The van der Waals surface area contributed by atoms with Crippen LogP contribution in [-0.2, 0) is 34.0 Å². The molecule has 30 heavy (non-hydrogen) atoms. The lowest BCUT2D eigenvalue weighted by Gasteiger charge is -2.17. The van der Waals surface area contributed by atoms with E-state index in [9.17, 15) is 18.0 Å². The third-order valence-electron chi connectivity index (χ3n) is 5.62. The van der Waals surface area contributed by atoms with Gasteiger partial charge in [0.15, 0.2) is 15.0 Å². The molecule has 162 valence electrons. The summed E-state index contributed by atoms with van der Waals surface area (Å²) in [6.07, 6.45) is 5.06. The van der Waals surface area contributed by atoms with Crippen molar-refractivity contribution in [2.75, 3.05) is 17.3 Å². The summed E-state index contributed by atoms with van der Waals surface area (Å²) in [7, 11) is -3.05. The normalized spacial score (nSPS) is 22.7. The molecule has 0 bridgehead atoms. The van der Waals surface area contributed by atoms with Crippen LogP contribution in [0.15, 0.2) is 22.6 Å². The smallest absolute Gasteiger partial charge is 0.263 e. The predicted molar refractivity (Wildman–Crippen MR) is 121 cm³/mol. The molecule has 2 unspecified atom stereocenters. The van der Waals surface area contributed by atoms with Crippen molar-refractivity contribution in [1.82, 2.24) is 14.9 Å². The van der Waals surface area contributed by atoms with Gasteiger partial charge in [0.25, 0.3) is 5.56 Å². The Balaban J connectivity index is 1.57. The van der Waals surface area contributed by atoms with E-state index in [1.165, 1.54) is 16.6 Å². The van der Waals surface area contributed by atoms with E-state index in [-0.39, 0.29) is 34.8 Å². The minimum absolute atomic E-state index is 0.00599. The first-order chi connectivity index (χ1) is 14.3. The van der Waals surface area contributed by atoms with Gasteiger partial charge < -0.3 is 5.32 Å². The van der Waals surface area contributed by atoms with Gasteiger partial charge in [-0.2, -0.15) is 0 Å². The zero-order valence-electron chi connectivity index (χ0n) is 16.8. The summed E-state index contributed by atoms with van der Waals surface area (Å²) in [5.74, 6) is 0.546. The molecule has 7 nitrogen and oxygen atoms in total. The molecule has 2 aromatic rings. The number of allylic oxidation sites excluding steroid dienone is 1. The highest BCUT2D eigenvalue weighted by Gasteiger charge is 2.29. The topological polar surface area (TPSA) is 98.1 Å². The second-order valence-corrected chi connectivity index (χ2v) is 12.3. The molecule has 0 saturated carbocycles. The summed E-state index contributed by atoms with van der Waals surface area (Å²) in [5.41, 5.74) is 1.07. The lowest BCUT2D eigenvalue weighted by Crippen LogP contribution is -2.36. The van der Waals surface area contributed by atoms with Gasteiger partial charge in [-0.15, -0.1) is 17.9 Å². The summed E-state index contributed by atoms with van der Waals surface area (Å²) in [4.78, 5) is 32.3. The Morgan fingerprint density at radius 3 is 2.93 bits per heavy atom. The molecule has 2 atom stereocenters. The van der Waals surface area contributed by atoms with Crippen LogP contribution in [0.4, 0.5) is 0 Å². The van der Waals surface area contributed by atoms with Crippen LogP contribution in [0, 0.1) is 5.92 Å². The molecule has 3 heterocycles. The summed E-state index contributed by atoms with van der Waals surface area (Å²) < 4.78 is 24.7. The number of nitrogens with zero attached hydrogens (tertiary/aromatic N) is 2. The van der Waals surface area contributed by atoms with E-state index in [2.05, 4.69) is 18.8 Å². The van der Waals surface area contributed by atoms with Crippen molar-refractivity contribution in [3.05, 3.63) is 33.4 Å². The van der Waals surface area contributed by atoms with Crippen molar-refractivity contribution in [1.29, 1.82) is 0 Å². The van der Waals surface area contributed by atoms with Crippen molar-refractivity contribution in [2.24, 2.45) is 5.92 Å². The maximum absolute atomic E-state index is 13.2. The Morgan fingerprint density at radius 1 is 1.43 bits per heavy atom. The van der Waals surface area contributed by atoms with Gasteiger partial charge in [0.2, 0.25) is 5.91 Å². The van der Waals surface area contributed by atoms with E-state index in [0.717, 1.165) is 29.7 Å². The number of sulfone groups is 1. The van der Waals surface area contributed by atoms with Crippen molar-refractivity contribution >= 4 is 49.1 Å². The zero-order valence-corrected chi connectivity index (χ0v) is 19.3. The second-order valence-electron chi connectivity index (χ2n) is 8.09. The summed E-state index contributed by atoms with van der Waals surface area (Å²) in [6, 6.07) is -0.333. The molecule has 1 amide bonds. The third-order valence-corrected chi connectivity index (χ3v) is 9.51. The van der Waals surface area contributed by atoms with Crippen LogP contribution in [0.3, 0.4) is 0 Å². The maximum Gasteiger partial charge on any atom is 0.263 e. The van der Waals surface area contributed by atoms with E-state index in [1.807, 2.05) is 0 Å². The fourth-order valence-electron chi connectivity index (χ4n) is 4.11. The van der Waals surface area contributed by atoms with Crippen LogP contribution in [0.2, 0.25) is 0 Å². The number of hydrogen-bond donors (Lipinski definition) is 1. The standard InChI is InChI=1S/C20H25N3O4S3/c1-3-7-23-19(25)17-14-5-4-12(2)9-15(14)29-18(17)22-20(23)28-10-16(24)21-13-6-8-30(26,27)11-13/h3,12-13H,1,4-11H2,2H3,(H,21,24). The number of thioether (sulfide) groups is 1. The van der Waals surface area contributed by atoms with E-state index < -0.39 is 9.84 Å². The van der Waals surface area contributed by atoms with Crippen LogP contribution in [-0.4, -0.2) is 47.2 Å². The fraction of sp³-hybridized carbons (Fsp3) is 0.550. The number of aryl methyl sites for hydroxylation is 1. The zero-order chi connectivity index (χ0) is 21.5. The van der Waals surface area contributed by atoms with Gasteiger partial charge in [0.05, 0.1) is 22.6 Å². The number of carbonyl (C=O) groups is 1. The summed E-state index contributed by atoms with van der Waals surface area (Å²) >= 11 is 2.79. The molecule has 2 aromatic heterocycles. The van der Waals surface area contributed by atoms with Gasteiger partial charge in [-0.25, -0.2) is 13.4 Å². The fourth-order valence-corrected chi connectivity index (χ4v) is 8.03. The molecule has 2 aliphatic rings. The molecule has 1 aliphatic carbocycles. The van der Waals surface area contributed by atoms with Gasteiger partial charge in [0, 0.05) is 17.5 Å². The van der Waals surface area contributed by atoms with Crippen LogP contribution in [0.25, 0.3) is 10.2 Å². The number of hydrogen-bond acceptors (Lipinski definition) is 7. The summed E-state index contributed by atoms with van der Waals surface area (Å²) in [5, 5.41) is 3.99. The highest BCUT2D eigenvalue weighted by molar-refractivity contribution is 7.99. The predicted octanol–water partition coefficient (Wildman–Crippen LogP) is 2.16. The van der Waals surface area contributed by atoms with Gasteiger partial charge >= 0.3 is 0 Å². The largest absolute Gasteiger partial charge is 0.352 e. The average Bonchev–Trinajstić information content (AvgIpc) is 3.21. The molecule has 1 saturated heterocycles. The third kappa shape index (κ3) is 4.36. The Labute approximate surface area is 183 Å². The van der Waals surface area contributed by atoms with Gasteiger partial charge in [-0.1, -0.05) is 24.8 Å². The lowest BCUT2D eigenvalue weighted by molar-refractivity contribution is -0.119. The Bertz CT molecular complexity index is 1170. The van der Waals surface area contributed by atoms with Crippen LogP contribution >= 0.6 is 23.1 Å². The molecule has 0 radical (unpaired) electrons. The van der Waals surface area contributed by atoms with E-state index >= 15 is 0 Å². The van der Waals surface area contributed by atoms with E-state index in [1.54, 1.807) is 22.0 Å². The molecule has 0 aromatic carbocycles. The van der Waals surface area contributed by atoms with Crippen molar-refractivity contribution < 1.29 is 13.2 Å². The number of rotatable bonds is 6. The molecular formula is C20H25N3O4S3. The average molecular weight is 468 g/mol. The number of nitrogens with one attached hydrogen (secondary N) is 1. The number of aromatic nitrogens is 2. The first-order valence-electron chi connectivity index (χ1n) is 10.1. The Hall–Kier alpha value is -1.65. The quantitative estimate of drug-likeness (QED) is 0.397. The first kappa shape index (κ1) is 21.6. The van der Waals surface area contributed by atoms with Crippen LogP contribution < -0.4 is 10.9 Å². The number of amides is 1. The minimum atomic E-state index is -3.05. The van der Waals surface area contributed by atoms with E-state index in [0.29, 0.717) is 29.4 Å².